The van der Waals surface area contributed by atoms with Crippen molar-refractivity contribution in [3.63, 3.8) is 0 Å². The summed E-state index contributed by atoms with van der Waals surface area (Å²) >= 11 is 0. The molecule has 0 aliphatic carbocycles. The van der Waals surface area contributed by atoms with E-state index in [-0.39, 0.29) is 77.1 Å². The summed E-state index contributed by atoms with van der Waals surface area (Å²) in [6.45, 7) is 2.08. The molecule has 2 heterocycles. The number of benzene rings is 2. The number of fused-ring (bicyclic) bond motifs is 2. The van der Waals surface area contributed by atoms with Gasteiger partial charge >= 0.3 is 17.9 Å². The van der Waals surface area contributed by atoms with E-state index in [1.54, 1.807) is 19.6 Å². The SMILES string of the molecule is O=C(O)CN1CCN(CC(=O)O)CCN(CC(=O)NCCC(=O)N2Cc3ccccc3C#Cc3ccccc32)CCN(CC(=O)O)CC1. The van der Waals surface area contributed by atoms with E-state index in [4.69, 9.17) is 0 Å². The molecule has 2 aromatic carbocycles. The smallest absolute Gasteiger partial charge is 0.317 e. The van der Waals surface area contributed by atoms with Crippen molar-refractivity contribution in [1.82, 2.24) is 24.9 Å². The summed E-state index contributed by atoms with van der Waals surface area (Å²) in [5, 5.41) is 31.0. The van der Waals surface area contributed by atoms with Crippen molar-refractivity contribution < 1.29 is 39.3 Å². The van der Waals surface area contributed by atoms with Crippen molar-refractivity contribution in [1.29, 1.82) is 0 Å². The van der Waals surface area contributed by atoms with E-state index in [0.29, 0.717) is 38.4 Å². The highest BCUT2D eigenvalue weighted by Crippen LogP contribution is 2.25. The van der Waals surface area contributed by atoms with Gasteiger partial charge in [0.15, 0.2) is 0 Å². The van der Waals surface area contributed by atoms with Crippen molar-refractivity contribution in [3.8, 4) is 11.8 Å². The number of aliphatic carboxylic acids is 3. The number of hydrogen-bond acceptors (Lipinski definition) is 9. The molecule has 2 aliphatic heterocycles. The monoisotopic (exact) mass is 662 g/mol. The van der Waals surface area contributed by atoms with Crippen LogP contribution >= 0.6 is 0 Å². The van der Waals surface area contributed by atoms with E-state index in [1.165, 1.54) is 0 Å². The molecule has 1 saturated heterocycles. The lowest BCUT2D eigenvalue weighted by Gasteiger charge is -2.32. The van der Waals surface area contributed by atoms with Gasteiger partial charge < -0.3 is 25.5 Å². The second-order valence-electron chi connectivity index (χ2n) is 11.8. The molecule has 4 N–H and O–H groups in total. The molecule has 0 radical (unpaired) electrons. The standard InChI is InChI=1S/C34H42N6O8/c41-30(35-12-11-31(42)40-21-28-7-2-1-5-26(28)9-10-27-6-3-4-8-29(27)40)22-36-13-15-37(23-32(43)44)17-19-39(25-34(47)48)20-18-38(16-14-36)24-33(45)46/h1-8H,11-25H2,(H,35,41)(H,43,44)(H,45,46)(H,47,48). The number of carboxylic acids is 3. The molecule has 48 heavy (non-hydrogen) atoms. The average Bonchev–Trinajstić information content (AvgIpc) is 3.02. The predicted octanol–water partition coefficient (Wildman–Crippen LogP) is -0.0853. The second-order valence-corrected chi connectivity index (χ2v) is 11.8. The number of nitrogens with one attached hydrogen (secondary N) is 1. The number of carbonyl (C=O) groups excluding carboxylic acids is 2. The van der Waals surface area contributed by atoms with Crippen LogP contribution < -0.4 is 10.2 Å². The van der Waals surface area contributed by atoms with Crippen LogP contribution in [0, 0.1) is 11.8 Å². The highest BCUT2D eigenvalue weighted by Gasteiger charge is 2.23. The molecule has 14 heteroatoms. The number of carboxylic acid groups (broad SMARTS) is 3. The number of para-hydroxylation sites is 1. The Morgan fingerprint density at radius 3 is 1.56 bits per heavy atom. The third-order valence-electron chi connectivity index (χ3n) is 8.21. The summed E-state index contributed by atoms with van der Waals surface area (Å²) in [6.07, 6.45) is 0.0568. The van der Waals surface area contributed by atoms with E-state index in [9.17, 15) is 39.3 Å². The minimum absolute atomic E-state index is 0.0311. The Hall–Kier alpha value is -4.81. The quantitative estimate of drug-likeness (QED) is 0.236. The molecule has 0 bridgehead atoms. The molecule has 0 atom stereocenters. The molecule has 0 spiro atoms. The lowest BCUT2D eigenvalue weighted by molar-refractivity contribution is -0.140. The molecule has 0 unspecified atom stereocenters. The van der Waals surface area contributed by atoms with Crippen LogP contribution in [0.5, 0.6) is 0 Å². The maximum Gasteiger partial charge on any atom is 0.317 e. The molecule has 2 amide bonds. The van der Waals surface area contributed by atoms with Gasteiger partial charge in [0.2, 0.25) is 11.8 Å². The summed E-state index contributed by atoms with van der Waals surface area (Å²) in [5.74, 6) is 2.81. The molecule has 14 nitrogen and oxygen atoms in total. The summed E-state index contributed by atoms with van der Waals surface area (Å²) in [4.78, 5) is 69.7. The molecular formula is C34H42N6O8. The Morgan fingerprint density at radius 2 is 1.04 bits per heavy atom. The van der Waals surface area contributed by atoms with Crippen molar-refractivity contribution in [2.24, 2.45) is 0 Å². The maximum absolute atomic E-state index is 13.5. The van der Waals surface area contributed by atoms with Crippen LogP contribution in [0.3, 0.4) is 0 Å². The zero-order chi connectivity index (χ0) is 34.5. The lowest BCUT2D eigenvalue weighted by Crippen LogP contribution is -2.50. The van der Waals surface area contributed by atoms with Gasteiger partial charge in [0, 0.05) is 76.5 Å². The first-order valence-corrected chi connectivity index (χ1v) is 15.9. The topological polar surface area (TPSA) is 174 Å². The van der Waals surface area contributed by atoms with Crippen molar-refractivity contribution in [2.45, 2.75) is 13.0 Å². The number of carbonyl (C=O) groups is 5. The fraction of sp³-hybridized carbons (Fsp3) is 0.441. The minimum Gasteiger partial charge on any atom is -0.480 e. The molecule has 2 aromatic rings. The van der Waals surface area contributed by atoms with E-state index < -0.39 is 17.9 Å². The minimum atomic E-state index is -1.03. The van der Waals surface area contributed by atoms with Gasteiger partial charge in [-0.05, 0) is 23.8 Å². The maximum atomic E-state index is 13.5. The van der Waals surface area contributed by atoms with Gasteiger partial charge in [-0.2, -0.15) is 0 Å². The van der Waals surface area contributed by atoms with Gasteiger partial charge in [0.1, 0.15) is 0 Å². The van der Waals surface area contributed by atoms with E-state index in [1.807, 2.05) is 53.4 Å². The highest BCUT2D eigenvalue weighted by atomic mass is 16.4. The zero-order valence-corrected chi connectivity index (χ0v) is 26.8. The second kappa shape index (κ2) is 17.9. The van der Waals surface area contributed by atoms with Crippen LogP contribution in [0.25, 0.3) is 0 Å². The van der Waals surface area contributed by atoms with Gasteiger partial charge in [-0.1, -0.05) is 42.2 Å². The predicted molar refractivity (Wildman–Crippen MR) is 176 cm³/mol. The average molecular weight is 663 g/mol. The molecule has 1 fully saturated rings. The van der Waals surface area contributed by atoms with E-state index in [0.717, 1.165) is 16.7 Å². The lowest BCUT2D eigenvalue weighted by atomic mass is 10.0. The summed E-state index contributed by atoms with van der Waals surface area (Å²) in [5.41, 5.74) is 3.22. The van der Waals surface area contributed by atoms with Gasteiger partial charge in [-0.15, -0.1) is 0 Å². The molecule has 256 valence electrons. The Morgan fingerprint density at radius 1 is 0.604 bits per heavy atom. The van der Waals surface area contributed by atoms with Gasteiger partial charge in [-0.3, -0.25) is 43.6 Å². The van der Waals surface area contributed by atoms with Gasteiger partial charge in [-0.25, -0.2) is 0 Å². The molecule has 0 aromatic heterocycles. The fourth-order valence-corrected chi connectivity index (χ4v) is 5.70. The Labute approximate surface area is 279 Å². The summed E-state index contributed by atoms with van der Waals surface area (Å²) in [7, 11) is 0. The number of amides is 2. The fourth-order valence-electron chi connectivity index (χ4n) is 5.70. The van der Waals surface area contributed by atoms with Crippen LogP contribution in [0.4, 0.5) is 5.69 Å². The highest BCUT2D eigenvalue weighted by molar-refractivity contribution is 5.95. The first kappa shape index (κ1) is 36.0. The Kier molecular flexibility index (Phi) is 13.5. The van der Waals surface area contributed by atoms with Crippen LogP contribution in [0.2, 0.25) is 0 Å². The normalized spacial score (nSPS) is 16.8. The molecule has 4 rings (SSSR count). The number of rotatable bonds is 11. The first-order chi connectivity index (χ1) is 23.1. The van der Waals surface area contributed by atoms with E-state index in [2.05, 4.69) is 17.2 Å². The molecule has 0 saturated carbocycles. The molecule has 2 aliphatic rings. The van der Waals surface area contributed by atoms with Crippen molar-refractivity contribution in [2.75, 3.05) is 90.0 Å². The zero-order valence-electron chi connectivity index (χ0n) is 26.8. The van der Waals surface area contributed by atoms with Crippen LogP contribution in [0.1, 0.15) is 23.1 Å². The third-order valence-corrected chi connectivity index (χ3v) is 8.21. The largest absolute Gasteiger partial charge is 0.480 e. The van der Waals surface area contributed by atoms with Crippen molar-refractivity contribution >= 4 is 35.4 Å². The molecular weight excluding hydrogens is 620 g/mol. The summed E-state index contributed by atoms with van der Waals surface area (Å²) < 4.78 is 0. The Balaban J connectivity index is 1.38. The first-order valence-electron chi connectivity index (χ1n) is 15.9. The third kappa shape index (κ3) is 11.5. The van der Waals surface area contributed by atoms with Gasteiger partial charge in [0.05, 0.1) is 38.4 Å². The number of hydrogen-bond donors (Lipinski definition) is 4. The van der Waals surface area contributed by atoms with Crippen LogP contribution in [-0.2, 0) is 30.5 Å². The number of anilines is 1. The van der Waals surface area contributed by atoms with E-state index >= 15 is 0 Å². The van der Waals surface area contributed by atoms with Crippen molar-refractivity contribution in [3.05, 3.63) is 65.2 Å². The van der Waals surface area contributed by atoms with Crippen LogP contribution in [-0.4, -0.2) is 150 Å². The Bertz CT molecular complexity index is 1510. The van der Waals surface area contributed by atoms with Crippen LogP contribution in [0.15, 0.2) is 48.5 Å². The summed E-state index contributed by atoms with van der Waals surface area (Å²) in [6, 6.07) is 15.1. The number of nitrogens with zero attached hydrogens (tertiary/aromatic N) is 5. The van der Waals surface area contributed by atoms with Gasteiger partial charge in [0.25, 0.3) is 0 Å².